The lowest BCUT2D eigenvalue weighted by molar-refractivity contribution is 0.537. The lowest BCUT2D eigenvalue weighted by atomic mass is 10.2. The fraction of sp³-hybridized carbons (Fsp3) is 0.0588. The number of anilines is 1. The van der Waals surface area contributed by atoms with E-state index in [1.54, 1.807) is 43.4 Å². The van der Waals surface area contributed by atoms with Crippen molar-refractivity contribution in [3.63, 3.8) is 0 Å². The van der Waals surface area contributed by atoms with E-state index in [4.69, 9.17) is 11.7 Å². The Labute approximate surface area is 165 Å². The first-order chi connectivity index (χ1) is 13.3. The molecule has 1 aromatic heterocycles. The average Bonchev–Trinajstić information content (AvgIpc) is 3.15. The molecule has 0 fully saturated rings. The van der Waals surface area contributed by atoms with Crippen molar-refractivity contribution in [2.75, 3.05) is 11.8 Å². The smallest absolute Gasteiger partial charge is 0.280 e. The molecule has 0 amide bonds. The number of nitrogens with one attached hydrogen (secondary N) is 1. The quantitative estimate of drug-likeness (QED) is 0.251. The molecule has 1 heterocycles. The number of aromatic nitrogens is 1. The predicted molar refractivity (Wildman–Crippen MR) is 107 cm³/mol. The molecule has 0 unspecified atom stereocenters. The second-order valence-electron chi connectivity index (χ2n) is 5.74. The topological polar surface area (TPSA) is 127 Å². The van der Waals surface area contributed by atoms with Crippen LogP contribution in [0.3, 0.4) is 0 Å². The summed E-state index contributed by atoms with van der Waals surface area (Å²) in [6.07, 6.45) is 0. The number of rotatable bonds is 5. The Bertz CT molecular complexity index is 1090. The van der Waals surface area contributed by atoms with E-state index in [2.05, 4.69) is 14.8 Å². The van der Waals surface area contributed by atoms with Crippen LogP contribution in [0.15, 0.2) is 64.0 Å². The SMILES string of the molecule is CN(N)/C(=N\N)c1ccc(NS(=O)(=O)c2csc(-c3ccc(F)cc3)n2)cc1. The fourth-order valence-corrected chi connectivity index (χ4v) is 4.53. The molecule has 28 heavy (non-hydrogen) atoms. The molecular formula is C17H17FN6O2S2. The highest BCUT2D eigenvalue weighted by Gasteiger charge is 2.19. The van der Waals surface area contributed by atoms with Gasteiger partial charge in [-0.1, -0.05) is 0 Å². The van der Waals surface area contributed by atoms with Crippen LogP contribution in [0.4, 0.5) is 10.1 Å². The molecule has 0 radical (unpaired) electrons. The Balaban J connectivity index is 1.80. The Morgan fingerprint density at radius 2 is 1.82 bits per heavy atom. The van der Waals surface area contributed by atoms with E-state index in [-0.39, 0.29) is 10.8 Å². The molecule has 8 nitrogen and oxygen atoms in total. The number of sulfonamides is 1. The highest BCUT2D eigenvalue weighted by Crippen LogP contribution is 2.27. The van der Waals surface area contributed by atoms with Gasteiger partial charge in [-0.05, 0) is 48.5 Å². The van der Waals surface area contributed by atoms with Crippen molar-refractivity contribution in [1.82, 2.24) is 9.99 Å². The summed E-state index contributed by atoms with van der Waals surface area (Å²) >= 11 is 1.16. The molecule has 0 aliphatic carbocycles. The van der Waals surface area contributed by atoms with Gasteiger partial charge in [-0.15, -0.1) is 11.3 Å². The Kier molecular flexibility index (Phi) is 5.58. The molecule has 0 saturated carbocycles. The molecule has 11 heteroatoms. The van der Waals surface area contributed by atoms with E-state index >= 15 is 0 Å². The van der Waals surface area contributed by atoms with Crippen molar-refractivity contribution in [3.05, 3.63) is 65.3 Å². The van der Waals surface area contributed by atoms with E-state index in [9.17, 15) is 12.8 Å². The van der Waals surface area contributed by atoms with Crippen LogP contribution in [0.25, 0.3) is 10.6 Å². The zero-order valence-corrected chi connectivity index (χ0v) is 16.3. The molecule has 0 saturated heterocycles. The molecule has 0 aliphatic rings. The number of amidine groups is 1. The standard InChI is InChI=1S/C17H17FN6O2S2/c1-24(20)16(22-19)11-4-8-14(9-5-11)23-28(25,26)15-10-27-17(21-15)12-2-6-13(18)7-3-12/h2-10,23H,19-20H2,1H3/b22-16-. The predicted octanol–water partition coefficient (Wildman–Crippen LogP) is 2.18. The monoisotopic (exact) mass is 420 g/mol. The summed E-state index contributed by atoms with van der Waals surface area (Å²) in [6, 6.07) is 12.1. The van der Waals surface area contributed by atoms with Crippen LogP contribution in [-0.2, 0) is 10.0 Å². The van der Waals surface area contributed by atoms with Crippen LogP contribution in [-0.4, -0.2) is 31.3 Å². The summed E-state index contributed by atoms with van der Waals surface area (Å²) in [4.78, 5) is 4.15. The minimum Gasteiger partial charge on any atom is -0.321 e. The van der Waals surface area contributed by atoms with Gasteiger partial charge >= 0.3 is 0 Å². The third-order valence-corrected chi connectivity index (χ3v) is 6.01. The zero-order valence-electron chi connectivity index (χ0n) is 14.7. The minimum atomic E-state index is -3.88. The van der Waals surface area contributed by atoms with Gasteiger partial charge in [-0.2, -0.15) is 13.5 Å². The highest BCUT2D eigenvalue weighted by molar-refractivity contribution is 7.92. The van der Waals surface area contributed by atoms with Crippen LogP contribution in [0.5, 0.6) is 0 Å². The van der Waals surface area contributed by atoms with Crippen LogP contribution < -0.4 is 16.4 Å². The summed E-state index contributed by atoms with van der Waals surface area (Å²) < 4.78 is 40.7. The maximum absolute atomic E-state index is 13.0. The molecule has 3 aromatic rings. The maximum atomic E-state index is 13.0. The van der Waals surface area contributed by atoms with Gasteiger partial charge in [0.05, 0.1) is 0 Å². The number of hydrazone groups is 1. The molecule has 2 aromatic carbocycles. The van der Waals surface area contributed by atoms with Gasteiger partial charge in [-0.25, -0.2) is 15.2 Å². The summed E-state index contributed by atoms with van der Waals surface area (Å²) in [5.41, 5.74) is 1.61. The Hall–Kier alpha value is -3.02. The maximum Gasteiger partial charge on any atom is 0.280 e. The number of benzene rings is 2. The van der Waals surface area contributed by atoms with Crippen molar-refractivity contribution in [1.29, 1.82) is 0 Å². The first-order valence-electron chi connectivity index (χ1n) is 7.91. The molecule has 146 valence electrons. The van der Waals surface area contributed by atoms with E-state index in [1.165, 1.54) is 22.5 Å². The normalized spacial score (nSPS) is 12.0. The summed E-state index contributed by atoms with van der Waals surface area (Å²) in [6.45, 7) is 0. The van der Waals surface area contributed by atoms with Crippen LogP contribution >= 0.6 is 11.3 Å². The molecule has 0 atom stereocenters. The number of nitrogens with zero attached hydrogens (tertiary/aromatic N) is 3. The fourth-order valence-electron chi connectivity index (χ4n) is 2.37. The van der Waals surface area contributed by atoms with E-state index in [0.29, 0.717) is 27.7 Å². The Morgan fingerprint density at radius 1 is 1.18 bits per heavy atom. The number of hydrogen-bond donors (Lipinski definition) is 3. The number of nitrogens with two attached hydrogens (primary N) is 2. The second-order valence-corrected chi connectivity index (χ2v) is 8.23. The molecule has 5 N–H and O–H groups in total. The largest absolute Gasteiger partial charge is 0.321 e. The number of thiazole rings is 1. The van der Waals surface area contributed by atoms with Crippen LogP contribution in [0.1, 0.15) is 5.56 Å². The van der Waals surface area contributed by atoms with Crippen LogP contribution in [0.2, 0.25) is 0 Å². The summed E-state index contributed by atoms with van der Waals surface area (Å²) in [5, 5.41) is 6.64. The van der Waals surface area contributed by atoms with E-state index in [1.807, 2.05) is 0 Å². The Morgan fingerprint density at radius 3 is 2.39 bits per heavy atom. The molecule has 3 rings (SSSR count). The molecule has 0 bridgehead atoms. The lowest BCUT2D eigenvalue weighted by Gasteiger charge is -2.14. The first-order valence-corrected chi connectivity index (χ1v) is 10.3. The van der Waals surface area contributed by atoms with Crippen molar-refractivity contribution in [2.45, 2.75) is 5.03 Å². The van der Waals surface area contributed by atoms with Gasteiger partial charge in [0.15, 0.2) is 10.9 Å². The highest BCUT2D eigenvalue weighted by atomic mass is 32.2. The lowest BCUT2D eigenvalue weighted by Crippen LogP contribution is -2.34. The van der Waals surface area contributed by atoms with Crippen molar-refractivity contribution in [3.8, 4) is 10.6 Å². The third-order valence-electron chi connectivity index (χ3n) is 3.70. The van der Waals surface area contributed by atoms with Crippen molar-refractivity contribution >= 4 is 32.9 Å². The second kappa shape index (κ2) is 7.92. The summed E-state index contributed by atoms with van der Waals surface area (Å²) in [5.74, 6) is 10.9. The van der Waals surface area contributed by atoms with E-state index in [0.717, 1.165) is 11.3 Å². The summed E-state index contributed by atoms with van der Waals surface area (Å²) in [7, 11) is -2.29. The van der Waals surface area contributed by atoms with Gasteiger partial charge in [0.2, 0.25) is 0 Å². The first kappa shape index (κ1) is 19.7. The van der Waals surface area contributed by atoms with Gasteiger partial charge in [0.25, 0.3) is 10.0 Å². The zero-order chi connectivity index (χ0) is 20.3. The average molecular weight is 420 g/mol. The van der Waals surface area contributed by atoms with Gasteiger partial charge in [-0.3, -0.25) is 9.73 Å². The number of hydrogen-bond acceptors (Lipinski definition) is 7. The van der Waals surface area contributed by atoms with Crippen molar-refractivity contribution < 1.29 is 12.8 Å². The number of halogens is 1. The molecular weight excluding hydrogens is 403 g/mol. The van der Waals surface area contributed by atoms with Gasteiger partial charge < -0.3 is 5.84 Å². The molecule has 0 spiro atoms. The minimum absolute atomic E-state index is 0.119. The van der Waals surface area contributed by atoms with Gasteiger partial charge in [0.1, 0.15) is 10.8 Å². The molecule has 0 aliphatic heterocycles. The van der Waals surface area contributed by atoms with Gasteiger partial charge in [0, 0.05) is 29.2 Å². The van der Waals surface area contributed by atoms with E-state index < -0.39 is 10.0 Å². The third kappa shape index (κ3) is 4.27. The van der Waals surface area contributed by atoms with Crippen LogP contribution in [0, 0.1) is 5.82 Å². The number of hydrazine groups is 1. The van der Waals surface area contributed by atoms with Crippen molar-refractivity contribution in [2.24, 2.45) is 16.8 Å².